The SMILES string of the molecule is COc1ccc(F)c(NCc2ccc(O)c(O)c2O)c1. The van der Waals surface area contributed by atoms with E-state index in [9.17, 15) is 19.7 Å². The second-order valence-electron chi connectivity index (χ2n) is 4.14. The zero-order valence-corrected chi connectivity index (χ0v) is 10.7. The summed E-state index contributed by atoms with van der Waals surface area (Å²) in [5, 5.41) is 31.1. The van der Waals surface area contributed by atoms with E-state index in [-0.39, 0.29) is 12.2 Å². The summed E-state index contributed by atoms with van der Waals surface area (Å²) in [4.78, 5) is 0. The van der Waals surface area contributed by atoms with Gasteiger partial charge in [0.2, 0.25) is 5.75 Å². The molecule has 2 aromatic carbocycles. The van der Waals surface area contributed by atoms with Gasteiger partial charge in [0.15, 0.2) is 11.5 Å². The lowest BCUT2D eigenvalue weighted by Crippen LogP contribution is -2.02. The molecule has 20 heavy (non-hydrogen) atoms. The van der Waals surface area contributed by atoms with Crippen molar-refractivity contribution in [1.29, 1.82) is 0 Å². The van der Waals surface area contributed by atoms with Gasteiger partial charge in [-0.1, -0.05) is 0 Å². The van der Waals surface area contributed by atoms with Gasteiger partial charge in [0, 0.05) is 18.2 Å². The van der Waals surface area contributed by atoms with Crippen LogP contribution in [0.1, 0.15) is 5.56 Å². The summed E-state index contributed by atoms with van der Waals surface area (Å²) in [7, 11) is 1.47. The van der Waals surface area contributed by atoms with Crippen molar-refractivity contribution in [3.05, 3.63) is 41.7 Å². The van der Waals surface area contributed by atoms with E-state index in [1.807, 2.05) is 0 Å². The largest absolute Gasteiger partial charge is 0.504 e. The van der Waals surface area contributed by atoms with Crippen LogP contribution in [-0.4, -0.2) is 22.4 Å². The third kappa shape index (κ3) is 2.69. The van der Waals surface area contributed by atoms with E-state index in [1.54, 1.807) is 0 Å². The summed E-state index contributed by atoms with van der Waals surface area (Å²) in [5.41, 5.74) is 0.527. The third-order valence-electron chi connectivity index (χ3n) is 2.86. The Balaban J connectivity index is 2.19. The van der Waals surface area contributed by atoms with Crippen LogP contribution >= 0.6 is 0 Å². The number of aromatic hydroxyl groups is 3. The molecule has 4 N–H and O–H groups in total. The molecule has 0 atom stereocenters. The van der Waals surface area contributed by atoms with Crippen molar-refractivity contribution in [1.82, 2.24) is 0 Å². The van der Waals surface area contributed by atoms with E-state index in [0.29, 0.717) is 11.3 Å². The average Bonchev–Trinajstić information content (AvgIpc) is 2.45. The van der Waals surface area contributed by atoms with E-state index in [0.717, 1.165) is 0 Å². The molecular weight excluding hydrogens is 265 g/mol. The van der Waals surface area contributed by atoms with Gasteiger partial charge >= 0.3 is 0 Å². The second-order valence-corrected chi connectivity index (χ2v) is 4.14. The number of phenolic OH excluding ortho intramolecular Hbond substituents is 3. The van der Waals surface area contributed by atoms with E-state index < -0.39 is 23.1 Å². The van der Waals surface area contributed by atoms with Crippen LogP contribution in [0.5, 0.6) is 23.0 Å². The van der Waals surface area contributed by atoms with Crippen molar-refractivity contribution in [3.63, 3.8) is 0 Å². The lowest BCUT2D eigenvalue weighted by atomic mass is 10.1. The Morgan fingerprint density at radius 1 is 1.10 bits per heavy atom. The molecule has 0 amide bonds. The fourth-order valence-corrected chi connectivity index (χ4v) is 1.71. The maximum absolute atomic E-state index is 13.6. The predicted octanol–water partition coefficient (Wildman–Crippen LogP) is 2.56. The molecule has 0 aliphatic heterocycles. The van der Waals surface area contributed by atoms with Crippen LogP contribution in [0.4, 0.5) is 10.1 Å². The summed E-state index contributed by atoms with van der Waals surface area (Å²) in [6, 6.07) is 6.90. The quantitative estimate of drug-likeness (QED) is 0.647. The first-order chi connectivity index (χ1) is 9.52. The molecular formula is C14H14FNO4. The van der Waals surface area contributed by atoms with Crippen molar-refractivity contribution in [2.75, 3.05) is 12.4 Å². The number of hydrogen-bond donors (Lipinski definition) is 4. The highest BCUT2D eigenvalue weighted by atomic mass is 19.1. The predicted molar refractivity (Wildman–Crippen MR) is 71.7 cm³/mol. The number of phenols is 3. The molecule has 0 unspecified atom stereocenters. The van der Waals surface area contributed by atoms with Crippen LogP contribution < -0.4 is 10.1 Å². The lowest BCUT2D eigenvalue weighted by molar-refractivity contribution is 0.365. The lowest BCUT2D eigenvalue weighted by Gasteiger charge is -2.11. The zero-order valence-electron chi connectivity index (χ0n) is 10.7. The number of hydrogen-bond acceptors (Lipinski definition) is 5. The van der Waals surface area contributed by atoms with Crippen LogP contribution in [0.3, 0.4) is 0 Å². The molecule has 2 rings (SSSR count). The van der Waals surface area contributed by atoms with E-state index in [4.69, 9.17) is 4.74 Å². The molecule has 0 aliphatic carbocycles. The highest BCUT2D eigenvalue weighted by molar-refractivity contribution is 5.55. The number of benzene rings is 2. The minimum Gasteiger partial charge on any atom is -0.504 e. The van der Waals surface area contributed by atoms with Crippen LogP contribution in [0.25, 0.3) is 0 Å². The molecule has 0 heterocycles. The molecule has 0 aromatic heterocycles. The average molecular weight is 279 g/mol. The summed E-state index contributed by atoms with van der Waals surface area (Å²) < 4.78 is 18.6. The van der Waals surface area contributed by atoms with Crippen LogP contribution in [0.2, 0.25) is 0 Å². The highest BCUT2D eigenvalue weighted by Crippen LogP contribution is 2.37. The normalized spacial score (nSPS) is 10.3. The fraction of sp³-hybridized carbons (Fsp3) is 0.143. The van der Waals surface area contributed by atoms with Gasteiger partial charge in [-0.2, -0.15) is 0 Å². The van der Waals surface area contributed by atoms with Gasteiger partial charge in [0.25, 0.3) is 0 Å². The zero-order chi connectivity index (χ0) is 14.7. The number of halogens is 1. The van der Waals surface area contributed by atoms with Gasteiger partial charge in [-0.25, -0.2) is 4.39 Å². The van der Waals surface area contributed by atoms with Gasteiger partial charge in [0.05, 0.1) is 12.8 Å². The Kier molecular flexibility index (Phi) is 3.84. The van der Waals surface area contributed by atoms with Gasteiger partial charge in [-0.15, -0.1) is 0 Å². The highest BCUT2D eigenvalue weighted by Gasteiger charge is 2.11. The van der Waals surface area contributed by atoms with Gasteiger partial charge in [-0.05, 0) is 24.3 Å². The molecule has 0 radical (unpaired) electrons. The first-order valence-electron chi connectivity index (χ1n) is 5.83. The summed E-state index contributed by atoms with van der Waals surface area (Å²) in [6.45, 7) is 0.0732. The molecule has 2 aromatic rings. The Labute approximate surface area is 114 Å². The van der Waals surface area contributed by atoms with Crippen molar-refractivity contribution >= 4 is 5.69 Å². The maximum atomic E-state index is 13.6. The number of nitrogens with one attached hydrogen (secondary N) is 1. The molecule has 0 bridgehead atoms. The fourth-order valence-electron chi connectivity index (χ4n) is 1.71. The number of methoxy groups -OCH3 is 1. The Morgan fingerprint density at radius 2 is 1.85 bits per heavy atom. The topological polar surface area (TPSA) is 82.0 Å². The molecule has 0 spiro atoms. The summed E-state index contributed by atoms with van der Waals surface area (Å²) in [6.07, 6.45) is 0. The minimum absolute atomic E-state index is 0.0732. The second kappa shape index (κ2) is 5.56. The Bertz CT molecular complexity index is 631. The van der Waals surface area contributed by atoms with Crippen molar-refractivity contribution in [2.24, 2.45) is 0 Å². The monoisotopic (exact) mass is 279 g/mol. The smallest absolute Gasteiger partial charge is 0.200 e. The number of rotatable bonds is 4. The molecule has 6 heteroatoms. The number of ether oxygens (including phenoxy) is 1. The first kappa shape index (κ1) is 13.8. The van der Waals surface area contributed by atoms with Crippen molar-refractivity contribution in [2.45, 2.75) is 6.54 Å². The van der Waals surface area contributed by atoms with E-state index in [2.05, 4.69) is 5.32 Å². The summed E-state index contributed by atoms with van der Waals surface area (Å²) >= 11 is 0. The summed E-state index contributed by atoms with van der Waals surface area (Å²) in [5.74, 6) is -1.44. The van der Waals surface area contributed by atoms with Gasteiger partial charge in [-0.3, -0.25) is 0 Å². The van der Waals surface area contributed by atoms with Crippen LogP contribution in [0, 0.1) is 5.82 Å². The van der Waals surface area contributed by atoms with Gasteiger partial charge in [0.1, 0.15) is 11.6 Å². The maximum Gasteiger partial charge on any atom is 0.200 e. The Morgan fingerprint density at radius 3 is 2.55 bits per heavy atom. The number of anilines is 1. The molecule has 5 nitrogen and oxygen atoms in total. The van der Waals surface area contributed by atoms with Crippen molar-refractivity contribution < 1.29 is 24.4 Å². The van der Waals surface area contributed by atoms with Crippen LogP contribution in [0.15, 0.2) is 30.3 Å². The molecule has 0 fully saturated rings. The van der Waals surface area contributed by atoms with E-state index in [1.165, 1.54) is 37.4 Å². The first-order valence-corrected chi connectivity index (χ1v) is 5.83. The van der Waals surface area contributed by atoms with Crippen LogP contribution in [-0.2, 0) is 6.54 Å². The molecule has 106 valence electrons. The van der Waals surface area contributed by atoms with E-state index >= 15 is 0 Å². The molecule has 0 saturated heterocycles. The third-order valence-corrected chi connectivity index (χ3v) is 2.86. The molecule has 0 aliphatic rings. The van der Waals surface area contributed by atoms with Gasteiger partial charge < -0.3 is 25.4 Å². The minimum atomic E-state index is -0.601. The molecule has 0 saturated carbocycles. The standard InChI is InChI=1S/C14H14FNO4/c1-20-9-3-4-10(15)11(6-9)16-7-8-2-5-12(17)14(19)13(8)18/h2-6,16-19H,7H2,1H3. The Hall–Kier alpha value is -2.63. The van der Waals surface area contributed by atoms with Crippen molar-refractivity contribution in [3.8, 4) is 23.0 Å².